The van der Waals surface area contributed by atoms with Crippen LogP contribution in [0.2, 0.25) is 0 Å². The van der Waals surface area contributed by atoms with Crippen molar-refractivity contribution in [2.45, 2.75) is 6.54 Å². The topological polar surface area (TPSA) is 78.0 Å². The second-order valence-corrected chi connectivity index (χ2v) is 5.60. The van der Waals surface area contributed by atoms with Crippen molar-refractivity contribution in [1.82, 2.24) is 4.57 Å². The van der Waals surface area contributed by atoms with Gasteiger partial charge in [-0.2, -0.15) is 5.26 Å². The molecule has 2 N–H and O–H groups in total. The molecule has 1 aromatic heterocycles. The number of rotatable bonds is 4. The molecule has 0 atom stereocenters. The predicted octanol–water partition coefficient (Wildman–Crippen LogP) is 3.53. The Morgan fingerprint density at radius 1 is 1.23 bits per heavy atom. The minimum Gasteiger partial charge on any atom is -0.508 e. The second-order valence-electron chi connectivity index (χ2n) is 5.60. The molecule has 0 aliphatic carbocycles. The van der Waals surface area contributed by atoms with Crippen molar-refractivity contribution < 1.29 is 9.90 Å². The summed E-state index contributed by atoms with van der Waals surface area (Å²) in [6.45, 7) is 0.399. The van der Waals surface area contributed by atoms with Gasteiger partial charge in [-0.05, 0) is 36.4 Å². The van der Waals surface area contributed by atoms with Gasteiger partial charge in [0.1, 0.15) is 17.4 Å². The summed E-state index contributed by atoms with van der Waals surface area (Å²) in [4.78, 5) is 12.4. The first kappa shape index (κ1) is 16.9. The zero-order valence-corrected chi connectivity index (χ0v) is 13.8. The van der Waals surface area contributed by atoms with Gasteiger partial charge in [0.05, 0.1) is 6.54 Å². The Balaban J connectivity index is 1.95. The molecular weight excluding hydrogens is 326 g/mol. The number of benzene rings is 2. The quantitative estimate of drug-likeness (QED) is 0.330. The lowest BCUT2D eigenvalue weighted by atomic mass is 10.1. The number of carbonyl (C=O) groups is 1. The fraction of sp³-hybridized carbons (Fsp3) is 0.0476. The van der Waals surface area contributed by atoms with Crippen molar-refractivity contribution in [1.29, 1.82) is 5.26 Å². The normalized spacial score (nSPS) is 10.9. The highest BCUT2D eigenvalue weighted by Gasteiger charge is 2.12. The molecule has 0 unspecified atom stereocenters. The fourth-order valence-electron chi connectivity index (χ4n) is 2.67. The number of terminal acetylenes is 1. The van der Waals surface area contributed by atoms with Crippen LogP contribution in [0.3, 0.4) is 0 Å². The van der Waals surface area contributed by atoms with Gasteiger partial charge in [-0.15, -0.1) is 6.42 Å². The molecule has 1 amide bonds. The van der Waals surface area contributed by atoms with E-state index in [1.54, 1.807) is 18.2 Å². The van der Waals surface area contributed by atoms with Crippen LogP contribution in [0.1, 0.15) is 5.56 Å². The maximum Gasteiger partial charge on any atom is 0.266 e. The molecule has 0 spiro atoms. The van der Waals surface area contributed by atoms with Crippen molar-refractivity contribution in [3.8, 4) is 24.2 Å². The molecular formula is C21H15N3O2. The minimum atomic E-state index is -0.521. The van der Waals surface area contributed by atoms with Crippen molar-refractivity contribution in [3.05, 3.63) is 65.9 Å². The van der Waals surface area contributed by atoms with E-state index >= 15 is 0 Å². The van der Waals surface area contributed by atoms with Crippen molar-refractivity contribution in [2.75, 3.05) is 5.32 Å². The van der Waals surface area contributed by atoms with Gasteiger partial charge in [-0.3, -0.25) is 4.79 Å². The SMILES string of the molecule is C#CCn1cc(/C=C(/C#N)C(=O)Nc2ccc(O)cc2)c2ccccc21. The lowest BCUT2D eigenvalue weighted by Gasteiger charge is -2.04. The van der Waals surface area contributed by atoms with E-state index < -0.39 is 5.91 Å². The molecule has 0 bridgehead atoms. The average Bonchev–Trinajstić information content (AvgIpc) is 2.99. The number of aromatic nitrogens is 1. The van der Waals surface area contributed by atoms with E-state index in [9.17, 15) is 15.2 Å². The summed E-state index contributed by atoms with van der Waals surface area (Å²) in [7, 11) is 0. The van der Waals surface area contributed by atoms with Crippen molar-refractivity contribution in [2.24, 2.45) is 0 Å². The number of hydrogen-bond donors (Lipinski definition) is 2. The van der Waals surface area contributed by atoms with Gasteiger partial charge in [0.15, 0.2) is 0 Å². The van der Waals surface area contributed by atoms with Crippen LogP contribution in [-0.4, -0.2) is 15.6 Å². The number of phenolic OH excluding ortho intramolecular Hbond substituents is 1. The van der Waals surface area contributed by atoms with E-state index in [0.717, 1.165) is 16.5 Å². The number of hydrogen-bond acceptors (Lipinski definition) is 3. The van der Waals surface area contributed by atoms with E-state index in [1.165, 1.54) is 12.1 Å². The second kappa shape index (κ2) is 7.29. The maximum absolute atomic E-state index is 12.4. The molecule has 5 nitrogen and oxygen atoms in total. The third-order valence-electron chi connectivity index (χ3n) is 3.87. The Kier molecular flexibility index (Phi) is 4.74. The van der Waals surface area contributed by atoms with E-state index in [0.29, 0.717) is 12.2 Å². The Morgan fingerprint density at radius 2 is 1.96 bits per heavy atom. The lowest BCUT2D eigenvalue weighted by molar-refractivity contribution is -0.112. The molecule has 5 heteroatoms. The first-order chi connectivity index (χ1) is 12.6. The van der Waals surface area contributed by atoms with Gasteiger partial charge >= 0.3 is 0 Å². The van der Waals surface area contributed by atoms with Crippen molar-refractivity contribution >= 4 is 28.6 Å². The van der Waals surface area contributed by atoms with Crippen LogP contribution < -0.4 is 5.32 Å². The summed E-state index contributed by atoms with van der Waals surface area (Å²) in [6.07, 6.45) is 8.79. The maximum atomic E-state index is 12.4. The van der Waals surface area contributed by atoms with E-state index in [4.69, 9.17) is 6.42 Å². The number of carbonyl (C=O) groups excluding carboxylic acids is 1. The van der Waals surface area contributed by atoms with E-state index in [-0.39, 0.29) is 11.3 Å². The predicted molar refractivity (Wildman–Crippen MR) is 101 cm³/mol. The van der Waals surface area contributed by atoms with Gasteiger partial charge in [0, 0.05) is 28.4 Å². The zero-order chi connectivity index (χ0) is 18.5. The van der Waals surface area contributed by atoms with Crippen LogP contribution in [0.5, 0.6) is 5.75 Å². The number of para-hydroxylation sites is 1. The standard InChI is InChI=1S/C21H15N3O2/c1-2-11-24-14-16(19-5-3-4-6-20(19)24)12-15(13-22)21(26)23-17-7-9-18(25)10-8-17/h1,3-10,12,14,25H,11H2,(H,23,26)/b15-12-. The number of amides is 1. The van der Waals surface area contributed by atoms with Gasteiger partial charge < -0.3 is 15.0 Å². The molecule has 0 fully saturated rings. The van der Waals surface area contributed by atoms with E-state index in [2.05, 4.69) is 11.2 Å². The molecule has 1 heterocycles. The largest absolute Gasteiger partial charge is 0.508 e. The Hall–Kier alpha value is -3.96. The fourth-order valence-corrected chi connectivity index (χ4v) is 2.67. The molecule has 2 aromatic carbocycles. The molecule has 126 valence electrons. The van der Waals surface area contributed by atoms with Crippen LogP contribution in [-0.2, 0) is 11.3 Å². The molecule has 26 heavy (non-hydrogen) atoms. The van der Waals surface area contributed by atoms with Gasteiger partial charge in [0.2, 0.25) is 0 Å². The summed E-state index contributed by atoms with van der Waals surface area (Å²) in [5.41, 5.74) is 2.14. The number of fused-ring (bicyclic) bond motifs is 1. The zero-order valence-electron chi connectivity index (χ0n) is 13.8. The first-order valence-electron chi connectivity index (χ1n) is 7.86. The van der Waals surface area contributed by atoms with Crippen molar-refractivity contribution in [3.63, 3.8) is 0 Å². The molecule has 3 aromatic rings. The summed E-state index contributed by atoms with van der Waals surface area (Å²) in [6, 6.07) is 15.6. The highest BCUT2D eigenvalue weighted by atomic mass is 16.3. The van der Waals surface area contributed by atoms with Crippen LogP contribution in [0.4, 0.5) is 5.69 Å². The molecule has 0 saturated heterocycles. The number of phenols is 1. The van der Waals surface area contributed by atoms with E-state index in [1.807, 2.05) is 41.1 Å². The van der Waals surface area contributed by atoms with Gasteiger partial charge in [0.25, 0.3) is 5.91 Å². The lowest BCUT2D eigenvalue weighted by Crippen LogP contribution is -2.13. The third-order valence-corrected chi connectivity index (χ3v) is 3.87. The van der Waals surface area contributed by atoms with Crippen LogP contribution in [0.25, 0.3) is 17.0 Å². The Morgan fingerprint density at radius 3 is 2.65 bits per heavy atom. The highest BCUT2D eigenvalue weighted by molar-refractivity contribution is 6.10. The van der Waals surface area contributed by atoms with Crippen LogP contribution in [0.15, 0.2) is 60.3 Å². The number of aromatic hydroxyl groups is 1. The Labute approximate surface area is 150 Å². The van der Waals surface area contributed by atoms with Gasteiger partial charge in [-0.25, -0.2) is 0 Å². The monoisotopic (exact) mass is 341 g/mol. The number of anilines is 1. The summed E-state index contributed by atoms with van der Waals surface area (Å²) in [5, 5.41) is 22.2. The molecule has 3 rings (SSSR count). The van der Waals surface area contributed by atoms with Crippen LogP contribution >= 0.6 is 0 Å². The van der Waals surface area contributed by atoms with Gasteiger partial charge in [-0.1, -0.05) is 24.1 Å². The van der Waals surface area contributed by atoms with Crippen LogP contribution in [0, 0.1) is 23.7 Å². The highest BCUT2D eigenvalue weighted by Crippen LogP contribution is 2.24. The summed E-state index contributed by atoms with van der Waals surface area (Å²) >= 11 is 0. The average molecular weight is 341 g/mol. The molecule has 0 aliphatic rings. The molecule has 0 radical (unpaired) electrons. The smallest absolute Gasteiger partial charge is 0.266 e. The molecule has 0 saturated carbocycles. The number of nitriles is 1. The summed E-state index contributed by atoms with van der Waals surface area (Å²) in [5.74, 6) is 2.17. The first-order valence-corrected chi connectivity index (χ1v) is 7.86. The Bertz CT molecular complexity index is 1080. The minimum absolute atomic E-state index is 0.0262. The number of nitrogens with zero attached hydrogens (tertiary/aromatic N) is 2. The molecule has 0 aliphatic heterocycles. The summed E-state index contributed by atoms with van der Waals surface area (Å²) < 4.78 is 1.90. The third kappa shape index (κ3) is 3.43. The number of nitrogens with one attached hydrogen (secondary N) is 1.